The van der Waals surface area contributed by atoms with Crippen LogP contribution in [0.5, 0.6) is 0 Å². The smallest absolute Gasteiger partial charge is 0.0972 e. The molecule has 3 saturated carbocycles. The third kappa shape index (κ3) is 2.02. The third-order valence-electron chi connectivity index (χ3n) is 5.51. The molecule has 6 atom stereocenters. The van der Waals surface area contributed by atoms with Crippen LogP contribution >= 0.6 is 0 Å². The summed E-state index contributed by atoms with van der Waals surface area (Å²) in [6, 6.07) is 0.595. The van der Waals surface area contributed by atoms with Crippen LogP contribution in [0.15, 0.2) is 0 Å². The van der Waals surface area contributed by atoms with Gasteiger partial charge in [0.25, 0.3) is 0 Å². The molecule has 0 aromatic carbocycles. The van der Waals surface area contributed by atoms with Crippen LogP contribution in [0.2, 0.25) is 0 Å². The molecule has 0 aromatic heterocycles. The van der Waals surface area contributed by atoms with E-state index in [1.165, 1.54) is 32.1 Å². The molecular weight excluding hydrogens is 214 g/mol. The molecule has 3 aliphatic carbocycles. The molecule has 0 radical (unpaired) electrons. The van der Waals surface area contributed by atoms with Gasteiger partial charge in [-0.3, -0.25) is 0 Å². The molecule has 0 spiro atoms. The van der Waals surface area contributed by atoms with Crippen molar-refractivity contribution < 1.29 is 10.2 Å². The summed E-state index contributed by atoms with van der Waals surface area (Å²) >= 11 is 0. The van der Waals surface area contributed by atoms with Crippen molar-refractivity contribution in [3.63, 3.8) is 0 Å². The molecule has 2 bridgehead atoms. The summed E-state index contributed by atoms with van der Waals surface area (Å²) < 4.78 is 0. The lowest BCUT2D eigenvalue weighted by atomic mass is 9.79. The van der Waals surface area contributed by atoms with Crippen LogP contribution in [0, 0.1) is 23.7 Å². The predicted molar refractivity (Wildman–Crippen MR) is 66.5 cm³/mol. The van der Waals surface area contributed by atoms with Crippen LogP contribution < -0.4 is 5.32 Å². The highest BCUT2D eigenvalue weighted by molar-refractivity contribution is 5.05. The molecule has 0 heterocycles. The van der Waals surface area contributed by atoms with Gasteiger partial charge in [0, 0.05) is 12.6 Å². The number of hydrogen-bond acceptors (Lipinski definition) is 3. The minimum absolute atomic E-state index is 0.160. The molecule has 0 aliphatic heterocycles. The molecule has 3 aliphatic rings. The van der Waals surface area contributed by atoms with Crippen LogP contribution in [0.1, 0.15) is 39.0 Å². The summed E-state index contributed by atoms with van der Waals surface area (Å²) in [7, 11) is 0. The lowest BCUT2D eigenvalue weighted by Gasteiger charge is -2.34. The van der Waals surface area contributed by atoms with Gasteiger partial charge in [0.2, 0.25) is 0 Å². The molecular formula is C14H25NO2. The Kier molecular flexibility index (Phi) is 2.96. The van der Waals surface area contributed by atoms with Crippen molar-refractivity contribution in [2.24, 2.45) is 23.7 Å². The lowest BCUT2D eigenvalue weighted by molar-refractivity contribution is -0.00188. The summed E-state index contributed by atoms with van der Waals surface area (Å²) in [5.41, 5.74) is -0.961. The van der Waals surface area contributed by atoms with Gasteiger partial charge in [-0.05, 0) is 56.3 Å². The van der Waals surface area contributed by atoms with Crippen molar-refractivity contribution in [2.45, 2.75) is 50.7 Å². The molecule has 0 amide bonds. The first kappa shape index (κ1) is 11.9. The Bertz CT molecular complexity index is 292. The van der Waals surface area contributed by atoms with Crippen LogP contribution in [-0.4, -0.2) is 35.0 Å². The molecule has 3 fully saturated rings. The van der Waals surface area contributed by atoms with Crippen molar-refractivity contribution in [3.8, 4) is 0 Å². The normalized spacial score (nSPS) is 47.1. The standard InChI is InChI=1S/C14H25NO2/c1-14(17,8-16)7-15-13-6-9-5-12(13)11-4-2-3-10(9)11/h9-13,15-17H,2-8H2,1H3. The molecule has 3 rings (SSSR count). The summed E-state index contributed by atoms with van der Waals surface area (Å²) in [5.74, 6) is 3.78. The van der Waals surface area contributed by atoms with Gasteiger partial charge >= 0.3 is 0 Å². The molecule has 3 N–H and O–H groups in total. The first-order chi connectivity index (χ1) is 8.11. The topological polar surface area (TPSA) is 52.5 Å². The second kappa shape index (κ2) is 4.22. The first-order valence-electron chi connectivity index (χ1n) is 7.17. The van der Waals surface area contributed by atoms with E-state index in [-0.39, 0.29) is 6.61 Å². The Morgan fingerprint density at radius 3 is 2.71 bits per heavy atom. The summed E-state index contributed by atoms with van der Waals surface area (Å²) in [4.78, 5) is 0. The Morgan fingerprint density at radius 1 is 1.18 bits per heavy atom. The van der Waals surface area contributed by atoms with E-state index in [0.717, 1.165) is 23.7 Å². The van der Waals surface area contributed by atoms with Crippen molar-refractivity contribution in [3.05, 3.63) is 0 Å². The number of hydrogen-bond donors (Lipinski definition) is 3. The fourth-order valence-corrected chi connectivity index (χ4v) is 4.71. The zero-order valence-electron chi connectivity index (χ0n) is 10.7. The highest BCUT2D eigenvalue weighted by Crippen LogP contribution is 2.58. The predicted octanol–water partition coefficient (Wildman–Crippen LogP) is 1.14. The maximum absolute atomic E-state index is 9.83. The van der Waals surface area contributed by atoms with Crippen molar-refractivity contribution >= 4 is 0 Å². The zero-order chi connectivity index (χ0) is 12.0. The van der Waals surface area contributed by atoms with Crippen molar-refractivity contribution in [1.29, 1.82) is 0 Å². The maximum atomic E-state index is 9.83. The minimum atomic E-state index is -0.961. The SMILES string of the molecule is CC(O)(CO)CNC1CC2CC1C1CCCC21. The average Bonchev–Trinajstić information content (AvgIpc) is 2.98. The van der Waals surface area contributed by atoms with E-state index in [0.29, 0.717) is 12.6 Å². The molecule has 6 unspecified atom stereocenters. The Balaban J connectivity index is 1.57. The number of nitrogens with one attached hydrogen (secondary N) is 1. The van der Waals surface area contributed by atoms with Gasteiger partial charge in [-0.2, -0.15) is 0 Å². The number of rotatable bonds is 4. The van der Waals surface area contributed by atoms with E-state index in [2.05, 4.69) is 5.32 Å². The van der Waals surface area contributed by atoms with Crippen LogP contribution in [0.3, 0.4) is 0 Å². The van der Waals surface area contributed by atoms with Gasteiger partial charge in [0.15, 0.2) is 0 Å². The van der Waals surface area contributed by atoms with E-state index in [4.69, 9.17) is 5.11 Å². The summed E-state index contributed by atoms with van der Waals surface area (Å²) in [6.07, 6.45) is 7.04. The highest BCUT2D eigenvalue weighted by Gasteiger charge is 2.53. The van der Waals surface area contributed by atoms with E-state index in [9.17, 15) is 5.11 Å². The van der Waals surface area contributed by atoms with Crippen molar-refractivity contribution in [2.75, 3.05) is 13.2 Å². The third-order valence-corrected chi connectivity index (χ3v) is 5.51. The average molecular weight is 239 g/mol. The quantitative estimate of drug-likeness (QED) is 0.689. The lowest BCUT2D eigenvalue weighted by Crippen LogP contribution is -2.48. The fourth-order valence-electron chi connectivity index (χ4n) is 4.71. The van der Waals surface area contributed by atoms with Gasteiger partial charge < -0.3 is 15.5 Å². The van der Waals surface area contributed by atoms with Gasteiger partial charge in [-0.15, -0.1) is 0 Å². The summed E-state index contributed by atoms with van der Waals surface area (Å²) in [5, 5.41) is 22.4. The van der Waals surface area contributed by atoms with Gasteiger partial charge in [-0.25, -0.2) is 0 Å². The molecule has 3 nitrogen and oxygen atoms in total. The second-order valence-electron chi connectivity index (χ2n) is 6.80. The number of fused-ring (bicyclic) bond motifs is 5. The monoisotopic (exact) mass is 239 g/mol. The molecule has 0 aromatic rings. The van der Waals surface area contributed by atoms with Crippen LogP contribution in [0.4, 0.5) is 0 Å². The molecule has 0 saturated heterocycles. The highest BCUT2D eigenvalue weighted by atomic mass is 16.3. The van der Waals surface area contributed by atoms with Crippen LogP contribution in [-0.2, 0) is 0 Å². The summed E-state index contributed by atoms with van der Waals surface area (Å²) in [6.45, 7) is 2.06. The van der Waals surface area contributed by atoms with Gasteiger partial charge in [0.05, 0.1) is 12.2 Å². The minimum Gasteiger partial charge on any atom is -0.393 e. The fraction of sp³-hybridized carbons (Fsp3) is 1.00. The van der Waals surface area contributed by atoms with E-state index < -0.39 is 5.60 Å². The number of aliphatic hydroxyl groups excluding tert-OH is 1. The number of aliphatic hydroxyl groups is 2. The second-order valence-corrected chi connectivity index (χ2v) is 6.80. The van der Waals surface area contributed by atoms with E-state index in [1.54, 1.807) is 6.92 Å². The van der Waals surface area contributed by atoms with Crippen LogP contribution in [0.25, 0.3) is 0 Å². The van der Waals surface area contributed by atoms with Gasteiger partial charge in [0.1, 0.15) is 0 Å². The van der Waals surface area contributed by atoms with E-state index in [1.807, 2.05) is 0 Å². The first-order valence-corrected chi connectivity index (χ1v) is 7.17. The van der Waals surface area contributed by atoms with E-state index >= 15 is 0 Å². The maximum Gasteiger partial charge on any atom is 0.0972 e. The largest absolute Gasteiger partial charge is 0.393 e. The molecule has 17 heavy (non-hydrogen) atoms. The van der Waals surface area contributed by atoms with Gasteiger partial charge in [-0.1, -0.05) is 6.42 Å². The Morgan fingerprint density at radius 2 is 1.94 bits per heavy atom. The zero-order valence-corrected chi connectivity index (χ0v) is 10.7. The Labute approximate surface area is 104 Å². The Hall–Kier alpha value is -0.120. The molecule has 3 heteroatoms. The molecule has 98 valence electrons. The van der Waals surface area contributed by atoms with Crippen molar-refractivity contribution in [1.82, 2.24) is 5.32 Å².